The molecule has 0 bridgehead atoms. The van der Waals surface area contributed by atoms with Crippen molar-refractivity contribution in [3.63, 3.8) is 0 Å². The summed E-state index contributed by atoms with van der Waals surface area (Å²) < 4.78 is 0. The van der Waals surface area contributed by atoms with Gasteiger partial charge in [-0.05, 0) is 23.3 Å². The molecule has 2 aromatic rings. The number of aromatic hydroxyl groups is 1. The summed E-state index contributed by atoms with van der Waals surface area (Å²) in [4.78, 5) is 11.8. The molecule has 2 aromatic carbocycles. The fraction of sp³-hybridized carbons (Fsp3) is 0.176. The summed E-state index contributed by atoms with van der Waals surface area (Å²) in [6.07, 6.45) is 0.675. The number of carbonyl (C=O) groups excluding carboxylic acids is 1. The van der Waals surface area contributed by atoms with Crippen molar-refractivity contribution in [3.05, 3.63) is 65.7 Å². The highest BCUT2D eigenvalue weighted by atomic mass is 16.3. The van der Waals surface area contributed by atoms with E-state index in [2.05, 4.69) is 5.10 Å². The Morgan fingerprint density at radius 1 is 1.14 bits per heavy atom. The molecule has 1 N–H and O–H groups in total. The molecule has 0 fully saturated rings. The Balaban J connectivity index is 1.93. The largest absolute Gasteiger partial charge is 0.508 e. The van der Waals surface area contributed by atoms with Gasteiger partial charge in [0.2, 0.25) is 5.91 Å². The Hall–Kier alpha value is -2.62. The van der Waals surface area contributed by atoms with E-state index in [1.807, 2.05) is 42.5 Å². The number of carbonyl (C=O) groups is 1. The lowest BCUT2D eigenvalue weighted by atomic mass is 9.98. The van der Waals surface area contributed by atoms with Crippen molar-refractivity contribution in [1.29, 1.82) is 0 Å². The number of hydrogen-bond donors (Lipinski definition) is 1. The second-order valence-corrected chi connectivity index (χ2v) is 5.09. The van der Waals surface area contributed by atoms with Crippen LogP contribution >= 0.6 is 0 Å². The van der Waals surface area contributed by atoms with E-state index >= 15 is 0 Å². The summed E-state index contributed by atoms with van der Waals surface area (Å²) >= 11 is 0. The maximum Gasteiger partial charge on any atom is 0.240 e. The molecule has 0 spiro atoms. The normalized spacial score (nSPS) is 17.7. The van der Waals surface area contributed by atoms with Crippen LogP contribution in [0, 0.1) is 0 Å². The zero-order valence-electron chi connectivity index (χ0n) is 11.7. The zero-order chi connectivity index (χ0) is 14.8. The molecule has 1 amide bonds. The fourth-order valence-corrected chi connectivity index (χ4v) is 2.56. The molecule has 1 aliphatic rings. The zero-order valence-corrected chi connectivity index (χ0v) is 11.7. The van der Waals surface area contributed by atoms with E-state index < -0.39 is 0 Å². The third-order valence-corrected chi connectivity index (χ3v) is 3.62. The van der Waals surface area contributed by atoms with Gasteiger partial charge in [-0.25, -0.2) is 5.01 Å². The molecule has 106 valence electrons. The predicted molar refractivity (Wildman–Crippen MR) is 81.0 cm³/mol. The van der Waals surface area contributed by atoms with Crippen LogP contribution in [0.25, 0.3) is 0 Å². The lowest BCUT2D eigenvalue weighted by Crippen LogP contribution is -2.24. The summed E-state index contributed by atoms with van der Waals surface area (Å²) in [6.45, 7) is 1.52. The van der Waals surface area contributed by atoms with Crippen LogP contribution in [0.15, 0.2) is 59.7 Å². The molecule has 4 heteroatoms. The first-order chi connectivity index (χ1) is 10.1. The minimum atomic E-state index is -0.113. The van der Waals surface area contributed by atoms with Crippen molar-refractivity contribution in [1.82, 2.24) is 5.01 Å². The lowest BCUT2D eigenvalue weighted by molar-refractivity contribution is -0.130. The summed E-state index contributed by atoms with van der Waals surface area (Å²) in [5.41, 5.74) is 2.91. The Bertz CT molecular complexity index is 678. The smallest absolute Gasteiger partial charge is 0.240 e. The van der Waals surface area contributed by atoms with Gasteiger partial charge in [-0.3, -0.25) is 4.79 Å². The summed E-state index contributed by atoms with van der Waals surface area (Å²) in [7, 11) is 0. The van der Waals surface area contributed by atoms with Gasteiger partial charge in [-0.15, -0.1) is 0 Å². The van der Waals surface area contributed by atoms with Gasteiger partial charge in [0.15, 0.2) is 0 Å². The number of hydrazone groups is 1. The quantitative estimate of drug-likeness (QED) is 0.919. The second-order valence-electron chi connectivity index (χ2n) is 5.09. The van der Waals surface area contributed by atoms with Crippen molar-refractivity contribution in [2.75, 3.05) is 0 Å². The standard InChI is InChI=1S/C17H16N2O2/c1-12(20)19-17(14-7-9-15(21)10-8-14)11-16(18-19)13-5-3-2-4-6-13/h2-10,17,21H,11H2,1H3/t17-/m0/s1. The van der Waals surface area contributed by atoms with Crippen LogP contribution in [0.5, 0.6) is 5.75 Å². The van der Waals surface area contributed by atoms with E-state index in [1.165, 1.54) is 11.9 Å². The first-order valence-corrected chi connectivity index (χ1v) is 6.87. The number of phenols is 1. The number of nitrogens with zero attached hydrogens (tertiary/aromatic N) is 2. The van der Waals surface area contributed by atoms with Gasteiger partial charge in [-0.2, -0.15) is 5.10 Å². The molecule has 0 radical (unpaired) electrons. The molecule has 1 aliphatic heterocycles. The molecule has 0 unspecified atom stereocenters. The Morgan fingerprint density at radius 2 is 1.81 bits per heavy atom. The predicted octanol–water partition coefficient (Wildman–Crippen LogP) is 3.09. The molecule has 0 saturated heterocycles. The summed E-state index contributed by atoms with van der Waals surface area (Å²) in [6, 6.07) is 16.7. The molecule has 21 heavy (non-hydrogen) atoms. The van der Waals surface area contributed by atoms with Crippen LogP contribution in [0.2, 0.25) is 0 Å². The average Bonchev–Trinajstić information content (AvgIpc) is 2.94. The Morgan fingerprint density at radius 3 is 2.43 bits per heavy atom. The number of rotatable bonds is 2. The Kier molecular flexibility index (Phi) is 3.44. The minimum Gasteiger partial charge on any atom is -0.508 e. The third-order valence-electron chi connectivity index (χ3n) is 3.62. The van der Waals surface area contributed by atoms with Crippen LogP contribution in [0.3, 0.4) is 0 Å². The van der Waals surface area contributed by atoms with Crippen molar-refractivity contribution in [3.8, 4) is 5.75 Å². The molecule has 4 nitrogen and oxygen atoms in total. The van der Waals surface area contributed by atoms with Gasteiger partial charge in [0.1, 0.15) is 5.75 Å². The van der Waals surface area contributed by atoms with Gasteiger partial charge in [0.05, 0.1) is 11.8 Å². The third kappa shape index (κ3) is 2.65. The van der Waals surface area contributed by atoms with Crippen LogP contribution in [-0.2, 0) is 4.79 Å². The van der Waals surface area contributed by atoms with Crippen LogP contribution in [0.1, 0.15) is 30.5 Å². The number of hydrogen-bond acceptors (Lipinski definition) is 3. The highest BCUT2D eigenvalue weighted by Crippen LogP contribution is 2.33. The van der Waals surface area contributed by atoms with E-state index in [9.17, 15) is 9.90 Å². The molecule has 0 aliphatic carbocycles. The van der Waals surface area contributed by atoms with Crippen molar-refractivity contribution >= 4 is 11.6 Å². The number of phenolic OH excluding ortho intramolecular Hbond substituents is 1. The first kappa shape index (κ1) is 13.4. The van der Waals surface area contributed by atoms with Crippen LogP contribution in [0.4, 0.5) is 0 Å². The van der Waals surface area contributed by atoms with Gasteiger partial charge in [-0.1, -0.05) is 42.5 Å². The minimum absolute atomic E-state index is 0.0843. The molecule has 1 atom stereocenters. The summed E-state index contributed by atoms with van der Waals surface area (Å²) in [5, 5.41) is 15.4. The van der Waals surface area contributed by atoms with E-state index in [0.29, 0.717) is 6.42 Å². The second kappa shape index (κ2) is 5.40. The van der Waals surface area contributed by atoms with E-state index in [-0.39, 0.29) is 17.7 Å². The van der Waals surface area contributed by atoms with Gasteiger partial charge in [0, 0.05) is 13.3 Å². The van der Waals surface area contributed by atoms with Crippen molar-refractivity contribution in [2.45, 2.75) is 19.4 Å². The number of benzene rings is 2. The summed E-state index contributed by atoms with van der Waals surface area (Å²) in [5.74, 6) is 0.134. The van der Waals surface area contributed by atoms with Crippen molar-refractivity contribution in [2.24, 2.45) is 5.10 Å². The SMILES string of the molecule is CC(=O)N1N=C(c2ccccc2)C[C@H]1c1ccc(O)cc1. The van der Waals surface area contributed by atoms with E-state index in [4.69, 9.17) is 0 Å². The molecular formula is C17H16N2O2. The van der Waals surface area contributed by atoms with Crippen LogP contribution in [-0.4, -0.2) is 21.7 Å². The number of amides is 1. The van der Waals surface area contributed by atoms with Crippen molar-refractivity contribution < 1.29 is 9.90 Å². The highest BCUT2D eigenvalue weighted by Gasteiger charge is 2.31. The van der Waals surface area contributed by atoms with Gasteiger partial charge >= 0.3 is 0 Å². The van der Waals surface area contributed by atoms with Gasteiger partial charge < -0.3 is 5.11 Å². The molecule has 1 heterocycles. The molecule has 0 aromatic heterocycles. The Labute approximate surface area is 123 Å². The monoisotopic (exact) mass is 280 g/mol. The molecule has 3 rings (SSSR count). The average molecular weight is 280 g/mol. The maximum atomic E-state index is 11.8. The molecule has 0 saturated carbocycles. The first-order valence-electron chi connectivity index (χ1n) is 6.87. The van der Waals surface area contributed by atoms with Gasteiger partial charge in [0.25, 0.3) is 0 Å². The van der Waals surface area contributed by atoms with E-state index in [1.54, 1.807) is 12.1 Å². The molecular weight excluding hydrogens is 264 g/mol. The fourth-order valence-electron chi connectivity index (χ4n) is 2.56. The highest BCUT2D eigenvalue weighted by molar-refractivity contribution is 6.03. The lowest BCUT2D eigenvalue weighted by Gasteiger charge is -2.20. The van der Waals surface area contributed by atoms with E-state index in [0.717, 1.165) is 16.8 Å². The van der Waals surface area contributed by atoms with Crippen LogP contribution < -0.4 is 0 Å². The maximum absolute atomic E-state index is 11.8. The topological polar surface area (TPSA) is 52.9 Å².